The average Bonchev–Trinajstić information content (AvgIpc) is 3.14. The highest BCUT2D eigenvalue weighted by Gasteiger charge is 2.15. The van der Waals surface area contributed by atoms with Crippen LogP contribution >= 0.6 is 0 Å². The zero-order valence-electron chi connectivity index (χ0n) is 11.9. The molecule has 0 spiro atoms. The number of nitrogens with zero attached hydrogens (tertiary/aromatic N) is 2. The molecule has 0 radical (unpaired) electrons. The molecule has 2 aromatic heterocycles. The number of carbonyl (C=O) groups excluding carboxylic acids is 1. The lowest BCUT2D eigenvalue weighted by molar-refractivity contribution is 0.111. The van der Waals surface area contributed by atoms with Crippen LogP contribution in [0.2, 0.25) is 0 Å². The Morgan fingerprint density at radius 2 is 2.38 bits per heavy atom. The Hall–Kier alpha value is -2.08. The lowest BCUT2D eigenvalue weighted by Crippen LogP contribution is -2.40. The van der Waals surface area contributed by atoms with E-state index in [2.05, 4.69) is 15.6 Å². The minimum Gasteiger partial charge on any atom is -0.376 e. The van der Waals surface area contributed by atoms with Gasteiger partial charge in [-0.15, -0.1) is 0 Å². The molecule has 0 aliphatic carbocycles. The second-order valence-electron chi connectivity index (χ2n) is 5.22. The summed E-state index contributed by atoms with van der Waals surface area (Å²) < 4.78 is 7.43. The van der Waals surface area contributed by atoms with E-state index in [4.69, 9.17) is 4.74 Å². The van der Waals surface area contributed by atoms with Gasteiger partial charge in [-0.1, -0.05) is 6.07 Å². The lowest BCUT2D eigenvalue weighted by Gasteiger charge is -2.11. The number of amides is 2. The topological polar surface area (TPSA) is 67.7 Å². The summed E-state index contributed by atoms with van der Waals surface area (Å²) in [5.74, 6) is 0. The molecule has 1 aliphatic heterocycles. The fraction of sp³-hybridized carbons (Fsp3) is 0.467. The predicted molar refractivity (Wildman–Crippen MR) is 79.3 cm³/mol. The number of hydrogen-bond donors (Lipinski definition) is 2. The molecule has 2 amide bonds. The van der Waals surface area contributed by atoms with Crippen LogP contribution in [0.25, 0.3) is 5.65 Å². The maximum atomic E-state index is 11.7. The first-order valence-corrected chi connectivity index (χ1v) is 7.37. The fourth-order valence-corrected chi connectivity index (χ4v) is 2.49. The van der Waals surface area contributed by atoms with Crippen molar-refractivity contribution < 1.29 is 9.53 Å². The number of nitrogens with one attached hydrogen (secondary N) is 2. The van der Waals surface area contributed by atoms with E-state index in [0.29, 0.717) is 13.1 Å². The Kier molecular flexibility index (Phi) is 4.35. The molecule has 0 saturated carbocycles. The first-order valence-electron chi connectivity index (χ1n) is 7.37. The highest BCUT2D eigenvalue weighted by molar-refractivity contribution is 5.73. The van der Waals surface area contributed by atoms with Crippen LogP contribution < -0.4 is 10.6 Å². The average molecular weight is 288 g/mol. The molecule has 3 heterocycles. The molecule has 2 aromatic rings. The van der Waals surface area contributed by atoms with Crippen LogP contribution in [0.3, 0.4) is 0 Å². The van der Waals surface area contributed by atoms with Gasteiger partial charge in [0.25, 0.3) is 0 Å². The monoisotopic (exact) mass is 288 g/mol. The van der Waals surface area contributed by atoms with E-state index in [-0.39, 0.29) is 12.1 Å². The third kappa shape index (κ3) is 3.72. The van der Waals surface area contributed by atoms with Gasteiger partial charge in [0, 0.05) is 38.5 Å². The summed E-state index contributed by atoms with van der Waals surface area (Å²) >= 11 is 0. The Labute approximate surface area is 123 Å². The summed E-state index contributed by atoms with van der Waals surface area (Å²) in [6.07, 6.45) is 6.96. The molecule has 3 rings (SSSR count). The summed E-state index contributed by atoms with van der Waals surface area (Å²) in [4.78, 5) is 16.1. The molecule has 2 N–H and O–H groups in total. The van der Waals surface area contributed by atoms with Crippen molar-refractivity contribution in [2.24, 2.45) is 0 Å². The molecule has 1 saturated heterocycles. The number of pyridine rings is 1. The Balaban J connectivity index is 1.39. The standard InChI is InChI=1S/C15H20N4O2/c20-15(17-10-13-4-3-9-21-13)16-7-6-12-11-19-8-2-1-5-14(19)18-12/h1-2,5,8,11,13H,3-4,6-7,9-10H2,(H2,16,17,20). The second kappa shape index (κ2) is 6.58. The minimum absolute atomic E-state index is 0.144. The molecule has 6 heteroatoms. The van der Waals surface area contributed by atoms with E-state index in [1.807, 2.05) is 35.0 Å². The van der Waals surface area contributed by atoms with E-state index >= 15 is 0 Å². The third-order valence-corrected chi connectivity index (χ3v) is 3.59. The summed E-state index contributed by atoms with van der Waals surface area (Å²) in [7, 11) is 0. The van der Waals surface area contributed by atoms with E-state index in [0.717, 1.165) is 37.2 Å². The van der Waals surface area contributed by atoms with Crippen LogP contribution in [0.5, 0.6) is 0 Å². The second-order valence-corrected chi connectivity index (χ2v) is 5.22. The van der Waals surface area contributed by atoms with Crippen molar-refractivity contribution in [2.75, 3.05) is 19.7 Å². The van der Waals surface area contributed by atoms with Gasteiger partial charge in [-0.25, -0.2) is 9.78 Å². The van der Waals surface area contributed by atoms with Crippen LogP contribution in [-0.4, -0.2) is 41.2 Å². The smallest absolute Gasteiger partial charge is 0.314 e. The lowest BCUT2D eigenvalue weighted by atomic mass is 10.2. The molecule has 1 atom stereocenters. The predicted octanol–water partition coefficient (Wildman–Crippen LogP) is 1.35. The van der Waals surface area contributed by atoms with Crippen LogP contribution in [0.4, 0.5) is 4.79 Å². The van der Waals surface area contributed by atoms with E-state index in [1.54, 1.807) is 0 Å². The van der Waals surface area contributed by atoms with Crippen LogP contribution in [0.1, 0.15) is 18.5 Å². The highest BCUT2D eigenvalue weighted by atomic mass is 16.5. The maximum absolute atomic E-state index is 11.7. The van der Waals surface area contributed by atoms with Gasteiger partial charge in [0.1, 0.15) is 5.65 Å². The molecule has 1 fully saturated rings. The van der Waals surface area contributed by atoms with Gasteiger partial charge in [-0.3, -0.25) is 0 Å². The SMILES string of the molecule is O=C(NCCc1cn2ccccc2n1)NCC1CCCO1. The molecule has 21 heavy (non-hydrogen) atoms. The molecule has 1 unspecified atom stereocenters. The number of rotatable bonds is 5. The highest BCUT2D eigenvalue weighted by Crippen LogP contribution is 2.10. The van der Waals surface area contributed by atoms with Gasteiger partial charge in [-0.2, -0.15) is 0 Å². The fourth-order valence-electron chi connectivity index (χ4n) is 2.49. The molecular formula is C15H20N4O2. The number of ether oxygens (including phenoxy) is 1. The van der Waals surface area contributed by atoms with Crippen LogP contribution in [0.15, 0.2) is 30.6 Å². The minimum atomic E-state index is -0.144. The van der Waals surface area contributed by atoms with Crippen molar-refractivity contribution >= 4 is 11.7 Å². The number of imidazole rings is 1. The molecular weight excluding hydrogens is 268 g/mol. The van der Waals surface area contributed by atoms with Gasteiger partial charge in [-0.05, 0) is 25.0 Å². The largest absolute Gasteiger partial charge is 0.376 e. The maximum Gasteiger partial charge on any atom is 0.314 e. The Morgan fingerprint density at radius 3 is 3.19 bits per heavy atom. The summed E-state index contributed by atoms with van der Waals surface area (Å²) in [5.41, 5.74) is 1.90. The number of fused-ring (bicyclic) bond motifs is 1. The van der Waals surface area contributed by atoms with Gasteiger partial charge < -0.3 is 19.8 Å². The summed E-state index contributed by atoms with van der Waals surface area (Å²) in [6, 6.07) is 5.75. The van der Waals surface area contributed by atoms with Crippen molar-refractivity contribution in [1.29, 1.82) is 0 Å². The van der Waals surface area contributed by atoms with Gasteiger partial charge in [0.15, 0.2) is 0 Å². The van der Waals surface area contributed by atoms with E-state index < -0.39 is 0 Å². The number of urea groups is 1. The van der Waals surface area contributed by atoms with Crippen molar-refractivity contribution in [3.8, 4) is 0 Å². The summed E-state index contributed by atoms with van der Waals surface area (Å²) in [6.45, 7) is 1.96. The molecule has 6 nitrogen and oxygen atoms in total. The Morgan fingerprint density at radius 1 is 1.43 bits per heavy atom. The molecule has 0 bridgehead atoms. The Bertz CT molecular complexity index is 571. The molecule has 0 aromatic carbocycles. The van der Waals surface area contributed by atoms with Gasteiger partial charge in [0.05, 0.1) is 11.8 Å². The van der Waals surface area contributed by atoms with E-state index in [1.165, 1.54) is 0 Å². The third-order valence-electron chi connectivity index (χ3n) is 3.59. The number of hydrogen-bond acceptors (Lipinski definition) is 3. The van der Waals surface area contributed by atoms with Crippen molar-refractivity contribution in [1.82, 2.24) is 20.0 Å². The zero-order valence-corrected chi connectivity index (χ0v) is 11.9. The molecule has 112 valence electrons. The summed E-state index contributed by atoms with van der Waals surface area (Å²) in [5, 5.41) is 5.68. The van der Waals surface area contributed by atoms with Gasteiger partial charge >= 0.3 is 6.03 Å². The zero-order chi connectivity index (χ0) is 14.5. The van der Waals surface area contributed by atoms with Crippen LogP contribution in [-0.2, 0) is 11.2 Å². The van der Waals surface area contributed by atoms with Crippen LogP contribution in [0, 0.1) is 0 Å². The normalized spacial score (nSPS) is 18.0. The number of aromatic nitrogens is 2. The van der Waals surface area contributed by atoms with Crippen molar-refractivity contribution in [2.45, 2.75) is 25.4 Å². The first kappa shape index (κ1) is 13.9. The van der Waals surface area contributed by atoms with Crippen molar-refractivity contribution in [3.63, 3.8) is 0 Å². The molecule has 1 aliphatic rings. The first-order chi connectivity index (χ1) is 10.3. The van der Waals surface area contributed by atoms with E-state index in [9.17, 15) is 4.79 Å². The van der Waals surface area contributed by atoms with Gasteiger partial charge in [0.2, 0.25) is 0 Å². The number of carbonyl (C=O) groups is 1. The van der Waals surface area contributed by atoms with Crippen molar-refractivity contribution in [3.05, 3.63) is 36.3 Å². The quantitative estimate of drug-likeness (QED) is 0.873.